The summed E-state index contributed by atoms with van der Waals surface area (Å²) in [5.74, 6) is -0.625. The number of anilines is 1. The number of nitro benzene ring substituents is 1. The van der Waals surface area contributed by atoms with Crippen molar-refractivity contribution in [3.63, 3.8) is 0 Å². The van der Waals surface area contributed by atoms with Crippen molar-refractivity contribution in [2.24, 2.45) is 0 Å². The largest absolute Gasteiger partial charge is 0.296 e. The Morgan fingerprint density at radius 3 is 2.59 bits per heavy atom. The van der Waals surface area contributed by atoms with Gasteiger partial charge in [-0.3, -0.25) is 20.2 Å². The van der Waals surface area contributed by atoms with E-state index in [2.05, 4.69) is 15.5 Å². The van der Waals surface area contributed by atoms with Gasteiger partial charge in [0.05, 0.1) is 4.92 Å². The van der Waals surface area contributed by atoms with Crippen LogP contribution in [-0.4, -0.2) is 21.0 Å². The first-order chi connectivity index (χ1) is 10.2. The van der Waals surface area contributed by atoms with Gasteiger partial charge in [-0.15, -0.1) is 10.2 Å². The van der Waals surface area contributed by atoms with Crippen LogP contribution in [0.3, 0.4) is 0 Å². The zero-order valence-electron chi connectivity index (χ0n) is 12.1. The van der Waals surface area contributed by atoms with E-state index in [-0.39, 0.29) is 21.7 Å². The first-order valence-corrected chi connectivity index (χ1v) is 7.47. The molecule has 1 heterocycles. The van der Waals surface area contributed by atoms with Gasteiger partial charge >= 0.3 is 0 Å². The Balaban J connectivity index is 2.26. The van der Waals surface area contributed by atoms with E-state index in [1.807, 2.05) is 20.8 Å². The molecule has 1 N–H and O–H groups in total. The van der Waals surface area contributed by atoms with Crippen molar-refractivity contribution in [2.45, 2.75) is 26.2 Å². The molecule has 22 heavy (non-hydrogen) atoms. The Kier molecular flexibility index (Phi) is 4.43. The molecule has 1 aromatic heterocycles. The number of aromatic nitrogens is 2. The van der Waals surface area contributed by atoms with Gasteiger partial charge in [0.2, 0.25) is 5.13 Å². The molecule has 2 aromatic rings. The smallest absolute Gasteiger partial charge is 0.283 e. The number of benzene rings is 1. The van der Waals surface area contributed by atoms with Crippen LogP contribution in [0, 0.1) is 10.1 Å². The number of carbonyl (C=O) groups is 1. The van der Waals surface area contributed by atoms with Gasteiger partial charge in [0.15, 0.2) is 0 Å². The van der Waals surface area contributed by atoms with E-state index >= 15 is 0 Å². The van der Waals surface area contributed by atoms with Crippen LogP contribution >= 0.6 is 22.9 Å². The maximum atomic E-state index is 12.2. The first kappa shape index (κ1) is 16.3. The summed E-state index contributed by atoms with van der Waals surface area (Å²) >= 11 is 6.95. The maximum absolute atomic E-state index is 12.2. The van der Waals surface area contributed by atoms with Crippen LogP contribution in [0.1, 0.15) is 36.1 Å². The lowest BCUT2D eigenvalue weighted by atomic mass is 9.98. The normalized spacial score (nSPS) is 11.3. The molecule has 2 rings (SSSR count). The minimum Gasteiger partial charge on any atom is -0.296 e. The van der Waals surface area contributed by atoms with Crippen LogP contribution < -0.4 is 5.32 Å². The van der Waals surface area contributed by atoms with Crippen molar-refractivity contribution in [3.05, 3.63) is 43.9 Å². The Bertz CT molecular complexity index is 739. The monoisotopic (exact) mass is 340 g/mol. The SMILES string of the molecule is CC(C)(C)c1nnc(NC(=O)c2ccc(Cl)cc2[N+](=O)[O-])s1. The summed E-state index contributed by atoms with van der Waals surface area (Å²) < 4.78 is 0. The van der Waals surface area contributed by atoms with Crippen molar-refractivity contribution >= 4 is 39.7 Å². The van der Waals surface area contributed by atoms with Gasteiger partial charge in [0, 0.05) is 16.5 Å². The van der Waals surface area contributed by atoms with Gasteiger partial charge in [0.1, 0.15) is 10.6 Å². The van der Waals surface area contributed by atoms with Gasteiger partial charge in [0.25, 0.3) is 11.6 Å². The lowest BCUT2D eigenvalue weighted by Crippen LogP contribution is -2.13. The standard InChI is InChI=1S/C13H13ClN4O3S/c1-13(2,3)11-16-17-12(22-11)15-10(19)8-5-4-7(14)6-9(8)18(20)21/h4-6H,1-3H3,(H,15,17,19). The lowest BCUT2D eigenvalue weighted by molar-refractivity contribution is -0.385. The summed E-state index contributed by atoms with van der Waals surface area (Å²) in [6.07, 6.45) is 0. The Labute approximate surface area is 135 Å². The van der Waals surface area contributed by atoms with E-state index in [0.29, 0.717) is 5.13 Å². The second-order valence-electron chi connectivity index (χ2n) is 5.54. The minimum atomic E-state index is -0.651. The highest BCUT2D eigenvalue weighted by molar-refractivity contribution is 7.15. The van der Waals surface area contributed by atoms with Gasteiger partial charge in [-0.1, -0.05) is 43.7 Å². The number of hydrogen-bond acceptors (Lipinski definition) is 6. The molecule has 0 bridgehead atoms. The number of rotatable bonds is 3. The van der Waals surface area contributed by atoms with Gasteiger partial charge in [-0.2, -0.15) is 0 Å². The summed E-state index contributed by atoms with van der Waals surface area (Å²) in [4.78, 5) is 22.5. The average molecular weight is 341 g/mol. The molecule has 0 aliphatic heterocycles. The van der Waals surface area contributed by atoms with E-state index in [4.69, 9.17) is 11.6 Å². The molecule has 0 spiro atoms. The predicted octanol–water partition coefficient (Wildman–Crippen LogP) is 3.65. The molecule has 1 amide bonds. The van der Waals surface area contributed by atoms with E-state index in [1.165, 1.54) is 23.5 Å². The molecule has 116 valence electrons. The molecule has 0 unspecified atom stereocenters. The zero-order valence-corrected chi connectivity index (χ0v) is 13.7. The van der Waals surface area contributed by atoms with Crippen molar-refractivity contribution < 1.29 is 9.72 Å². The van der Waals surface area contributed by atoms with Crippen LogP contribution in [0.25, 0.3) is 0 Å². The number of nitro groups is 1. The number of carbonyl (C=O) groups excluding carboxylic acids is 1. The Morgan fingerprint density at radius 2 is 2.05 bits per heavy atom. The third kappa shape index (κ3) is 3.58. The summed E-state index contributed by atoms with van der Waals surface area (Å²) in [7, 11) is 0. The molecule has 0 atom stereocenters. The molecular weight excluding hydrogens is 328 g/mol. The molecule has 9 heteroatoms. The zero-order chi connectivity index (χ0) is 16.5. The highest BCUT2D eigenvalue weighted by Gasteiger charge is 2.23. The molecule has 0 aliphatic carbocycles. The third-order valence-electron chi connectivity index (χ3n) is 2.69. The topological polar surface area (TPSA) is 98.0 Å². The third-order valence-corrected chi connectivity index (χ3v) is 4.19. The average Bonchev–Trinajstić information content (AvgIpc) is 2.86. The summed E-state index contributed by atoms with van der Waals surface area (Å²) in [6, 6.07) is 3.86. The molecular formula is C13H13ClN4O3S. The second-order valence-corrected chi connectivity index (χ2v) is 6.95. The molecule has 0 radical (unpaired) electrons. The van der Waals surface area contributed by atoms with Crippen molar-refractivity contribution in [2.75, 3.05) is 5.32 Å². The summed E-state index contributed by atoms with van der Waals surface area (Å²) in [5, 5.41) is 22.7. The van der Waals surface area contributed by atoms with Crippen molar-refractivity contribution in [1.29, 1.82) is 0 Å². The van der Waals surface area contributed by atoms with Crippen molar-refractivity contribution in [1.82, 2.24) is 10.2 Å². The van der Waals surface area contributed by atoms with Gasteiger partial charge in [-0.25, -0.2) is 0 Å². The predicted molar refractivity (Wildman–Crippen MR) is 84.7 cm³/mol. The number of nitrogens with zero attached hydrogens (tertiary/aromatic N) is 3. The fourth-order valence-corrected chi connectivity index (χ4v) is 2.55. The first-order valence-electron chi connectivity index (χ1n) is 6.28. The summed E-state index contributed by atoms with van der Waals surface area (Å²) in [6.45, 7) is 5.93. The van der Waals surface area contributed by atoms with Gasteiger partial charge in [-0.05, 0) is 12.1 Å². The van der Waals surface area contributed by atoms with Crippen LogP contribution in [0.4, 0.5) is 10.8 Å². The van der Waals surface area contributed by atoms with E-state index in [9.17, 15) is 14.9 Å². The quantitative estimate of drug-likeness (QED) is 0.679. The van der Waals surface area contributed by atoms with Crippen LogP contribution in [0.5, 0.6) is 0 Å². The fraction of sp³-hybridized carbons (Fsp3) is 0.308. The number of nitrogens with one attached hydrogen (secondary N) is 1. The van der Waals surface area contributed by atoms with Crippen LogP contribution in [0.15, 0.2) is 18.2 Å². The number of amides is 1. The van der Waals surface area contributed by atoms with Crippen molar-refractivity contribution in [3.8, 4) is 0 Å². The van der Waals surface area contributed by atoms with E-state index in [0.717, 1.165) is 11.1 Å². The Morgan fingerprint density at radius 1 is 1.36 bits per heavy atom. The molecule has 1 aromatic carbocycles. The van der Waals surface area contributed by atoms with Crippen LogP contribution in [-0.2, 0) is 5.41 Å². The van der Waals surface area contributed by atoms with Crippen LogP contribution in [0.2, 0.25) is 5.02 Å². The van der Waals surface area contributed by atoms with Gasteiger partial charge < -0.3 is 0 Å². The minimum absolute atomic E-state index is 0.0816. The van der Waals surface area contributed by atoms with E-state index in [1.54, 1.807) is 0 Å². The fourth-order valence-electron chi connectivity index (χ4n) is 1.59. The maximum Gasteiger partial charge on any atom is 0.283 e. The highest BCUT2D eigenvalue weighted by Crippen LogP contribution is 2.29. The lowest BCUT2D eigenvalue weighted by Gasteiger charge is -2.12. The molecule has 0 saturated heterocycles. The number of halogens is 1. The number of hydrogen-bond donors (Lipinski definition) is 1. The molecule has 7 nitrogen and oxygen atoms in total. The summed E-state index contributed by atoms with van der Waals surface area (Å²) in [5.41, 5.74) is -0.625. The molecule has 0 saturated carbocycles. The van der Waals surface area contributed by atoms with E-state index < -0.39 is 10.8 Å². The second kappa shape index (κ2) is 5.98. The molecule has 0 fully saturated rings. The highest BCUT2D eigenvalue weighted by atomic mass is 35.5. The Hall–Kier alpha value is -2.06. The molecule has 0 aliphatic rings.